The van der Waals surface area contributed by atoms with Crippen LogP contribution in [0.1, 0.15) is 27.0 Å². The molecule has 3 aromatic rings. The summed E-state index contributed by atoms with van der Waals surface area (Å²) < 4.78 is 38.0. The zero-order valence-corrected chi connectivity index (χ0v) is 14.8. The molecular formula is C22H15F3N2O. The third-order valence-corrected chi connectivity index (χ3v) is 4.23. The molecule has 0 atom stereocenters. The summed E-state index contributed by atoms with van der Waals surface area (Å²) in [5, 5.41) is 11.8. The monoisotopic (exact) mass is 380 g/mol. The average Bonchev–Trinajstić information content (AvgIpc) is 2.68. The van der Waals surface area contributed by atoms with Crippen LogP contribution in [0, 0.1) is 18.3 Å². The number of nitrogens with one attached hydrogen (secondary N) is 1. The van der Waals surface area contributed by atoms with Crippen molar-refractivity contribution < 1.29 is 18.0 Å². The molecule has 0 aliphatic heterocycles. The van der Waals surface area contributed by atoms with Crippen LogP contribution in [-0.4, -0.2) is 5.91 Å². The molecule has 28 heavy (non-hydrogen) atoms. The first-order chi connectivity index (χ1) is 13.3. The Morgan fingerprint density at radius 1 is 0.964 bits per heavy atom. The van der Waals surface area contributed by atoms with E-state index in [1.165, 1.54) is 24.3 Å². The Hall–Kier alpha value is -3.59. The number of amides is 1. The van der Waals surface area contributed by atoms with Crippen LogP contribution < -0.4 is 5.32 Å². The van der Waals surface area contributed by atoms with Crippen molar-refractivity contribution in [3.63, 3.8) is 0 Å². The second-order valence-electron chi connectivity index (χ2n) is 6.27. The van der Waals surface area contributed by atoms with Crippen LogP contribution in [-0.2, 0) is 6.18 Å². The lowest BCUT2D eigenvalue weighted by atomic mass is 9.96. The van der Waals surface area contributed by atoms with Crippen molar-refractivity contribution in [2.24, 2.45) is 0 Å². The molecule has 0 unspecified atom stereocenters. The molecule has 0 spiro atoms. The van der Waals surface area contributed by atoms with E-state index in [0.29, 0.717) is 16.7 Å². The van der Waals surface area contributed by atoms with Crippen LogP contribution in [0.25, 0.3) is 11.1 Å². The third kappa shape index (κ3) is 4.21. The summed E-state index contributed by atoms with van der Waals surface area (Å²) in [5.74, 6) is -0.472. The maximum Gasteiger partial charge on any atom is 0.416 e. The van der Waals surface area contributed by atoms with Gasteiger partial charge in [0.2, 0.25) is 0 Å². The molecule has 0 bridgehead atoms. The molecule has 1 amide bonds. The van der Waals surface area contributed by atoms with Gasteiger partial charge in [-0.2, -0.15) is 18.4 Å². The largest absolute Gasteiger partial charge is 0.416 e. The number of carbonyl (C=O) groups is 1. The number of nitriles is 1. The van der Waals surface area contributed by atoms with Crippen LogP contribution in [0.3, 0.4) is 0 Å². The van der Waals surface area contributed by atoms with Crippen LogP contribution in [0.5, 0.6) is 0 Å². The summed E-state index contributed by atoms with van der Waals surface area (Å²) in [6, 6.07) is 18.4. The Bertz CT molecular complexity index is 1050. The third-order valence-electron chi connectivity index (χ3n) is 4.23. The van der Waals surface area contributed by atoms with Gasteiger partial charge in [-0.25, -0.2) is 0 Å². The molecule has 140 valence electrons. The molecule has 0 saturated heterocycles. The van der Waals surface area contributed by atoms with Crippen LogP contribution in [0.2, 0.25) is 0 Å². The number of alkyl halides is 3. The zero-order valence-electron chi connectivity index (χ0n) is 14.8. The van der Waals surface area contributed by atoms with Gasteiger partial charge in [0.25, 0.3) is 5.91 Å². The molecule has 0 saturated carbocycles. The van der Waals surface area contributed by atoms with Gasteiger partial charge < -0.3 is 5.32 Å². The second kappa shape index (κ2) is 7.57. The normalized spacial score (nSPS) is 11.0. The molecule has 0 aliphatic rings. The molecule has 0 aromatic heterocycles. The van der Waals surface area contributed by atoms with Crippen molar-refractivity contribution in [1.82, 2.24) is 0 Å². The summed E-state index contributed by atoms with van der Waals surface area (Å²) >= 11 is 0. The minimum Gasteiger partial charge on any atom is -0.322 e. The highest BCUT2D eigenvalue weighted by atomic mass is 19.4. The van der Waals surface area contributed by atoms with E-state index < -0.39 is 17.6 Å². The molecule has 6 heteroatoms. The Kier molecular flexibility index (Phi) is 5.18. The lowest BCUT2D eigenvalue weighted by molar-refractivity contribution is -0.137. The molecule has 1 N–H and O–H groups in total. The van der Waals surface area contributed by atoms with Gasteiger partial charge in [0.1, 0.15) is 0 Å². The van der Waals surface area contributed by atoms with Gasteiger partial charge in [-0.05, 0) is 60.5 Å². The molecule has 0 heterocycles. The predicted octanol–water partition coefficient (Wildman–Crippen LogP) is 5.80. The Morgan fingerprint density at radius 2 is 1.61 bits per heavy atom. The van der Waals surface area contributed by atoms with E-state index in [4.69, 9.17) is 5.26 Å². The standard InChI is InChI=1S/C22H15F3N2O/c1-14-2-5-16(6-3-14)20-12-15(13-26)4-11-19(20)21(28)27-18-9-7-17(8-10-18)22(23,24)25/h2-12H,1H3,(H,27,28). The summed E-state index contributed by atoms with van der Waals surface area (Å²) in [6.07, 6.45) is -4.44. The highest BCUT2D eigenvalue weighted by Gasteiger charge is 2.30. The van der Waals surface area contributed by atoms with Crippen molar-refractivity contribution >= 4 is 11.6 Å². The fourth-order valence-corrected chi connectivity index (χ4v) is 2.72. The van der Waals surface area contributed by atoms with Crippen molar-refractivity contribution in [3.8, 4) is 17.2 Å². The SMILES string of the molecule is Cc1ccc(-c2cc(C#N)ccc2C(=O)Nc2ccc(C(F)(F)F)cc2)cc1. The van der Waals surface area contributed by atoms with E-state index in [1.807, 2.05) is 37.3 Å². The van der Waals surface area contributed by atoms with Crippen molar-refractivity contribution in [3.05, 3.63) is 89.0 Å². The van der Waals surface area contributed by atoms with E-state index in [-0.39, 0.29) is 5.69 Å². The minimum absolute atomic E-state index is 0.247. The number of anilines is 1. The summed E-state index contributed by atoms with van der Waals surface area (Å²) in [4.78, 5) is 12.7. The molecule has 3 rings (SSSR count). The van der Waals surface area contributed by atoms with Gasteiger partial charge in [0, 0.05) is 11.3 Å². The van der Waals surface area contributed by atoms with E-state index in [2.05, 4.69) is 5.32 Å². The van der Waals surface area contributed by atoms with E-state index in [1.54, 1.807) is 6.07 Å². The number of hydrogen-bond acceptors (Lipinski definition) is 2. The zero-order chi connectivity index (χ0) is 20.3. The van der Waals surface area contributed by atoms with Gasteiger partial charge in [0.05, 0.1) is 17.2 Å². The number of hydrogen-bond donors (Lipinski definition) is 1. The highest BCUT2D eigenvalue weighted by Crippen LogP contribution is 2.30. The molecule has 0 aliphatic carbocycles. The van der Waals surface area contributed by atoms with Crippen molar-refractivity contribution in [2.45, 2.75) is 13.1 Å². The summed E-state index contributed by atoms with van der Waals surface area (Å²) in [7, 11) is 0. The summed E-state index contributed by atoms with van der Waals surface area (Å²) in [5.41, 5.74) is 2.57. The topological polar surface area (TPSA) is 52.9 Å². The lowest BCUT2D eigenvalue weighted by Gasteiger charge is -2.12. The summed E-state index contributed by atoms with van der Waals surface area (Å²) in [6.45, 7) is 1.94. The number of benzene rings is 3. The molecule has 0 radical (unpaired) electrons. The van der Waals surface area contributed by atoms with Gasteiger partial charge >= 0.3 is 6.18 Å². The quantitative estimate of drug-likeness (QED) is 0.624. The molecule has 3 aromatic carbocycles. The van der Waals surface area contributed by atoms with Crippen molar-refractivity contribution in [2.75, 3.05) is 5.32 Å². The number of nitrogens with zero attached hydrogens (tertiary/aromatic N) is 1. The van der Waals surface area contributed by atoms with E-state index >= 15 is 0 Å². The average molecular weight is 380 g/mol. The number of aryl methyl sites for hydroxylation is 1. The van der Waals surface area contributed by atoms with Crippen LogP contribution >= 0.6 is 0 Å². The van der Waals surface area contributed by atoms with Crippen LogP contribution in [0.4, 0.5) is 18.9 Å². The highest BCUT2D eigenvalue weighted by molar-refractivity contribution is 6.08. The van der Waals surface area contributed by atoms with Gasteiger partial charge in [-0.15, -0.1) is 0 Å². The fraction of sp³-hybridized carbons (Fsp3) is 0.0909. The van der Waals surface area contributed by atoms with Crippen molar-refractivity contribution in [1.29, 1.82) is 5.26 Å². The van der Waals surface area contributed by atoms with Gasteiger partial charge in [-0.3, -0.25) is 4.79 Å². The minimum atomic E-state index is -4.44. The number of carbonyl (C=O) groups excluding carboxylic acids is 1. The fourth-order valence-electron chi connectivity index (χ4n) is 2.72. The Labute approximate surface area is 160 Å². The van der Waals surface area contributed by atoms with Crippen LogP contribution in [0.15, 0.2) is 66.7 Å². The van der Waals surface area contributed by atoms with E-state index in [9.17, 15) is 18.0 Å². The Morgan fingerprint density at radius 3 is 2.18 bits per heavy atom. The molecule has 3 nitrogen and oxygen atoms in total. The van der Waals surface area contributed by atoms with Gasteiger partial charge in [-0.1, -0.05) is 29.8 Å². The Balaban J connectivity index is 1.93. The van der Waals surface area contributed by atoms with E-state index in [0.717, 1.165) is 23.3 Å². The molecule has 0 fully saturated rings. The number of rotatable bonds is 3. The second-order valence-corrected chi connectivity index (χ2v) is 6.27. The molecular weight excluding hydrogens is 365 g/mol. The predicted molar refractivity (Wildman–Crippen MR) is 101 cm³/mol. The smallest absolute Gasteiger partial charge is 0.322 e. The van der Waals surface area contributed by atoms with Gasteiger partial charge in [0.15, 0.2) is 0 Å². The first-order valence-corrected chi connectivity index (χ1v) is 8.38. The first kappa shape index (κ1) is 19.2. The first-order valence-electron chi connectivity index (χ1n) is 8.38. The maximum atomic E-state index is 12.7. The lowest BCUT2D eigenvalue weighted by Crippen LogP contribution is -2.14. The number of halogens is 3. The maximum absolute atomic E-state index is 12.7.